The molecule has 2 aromatic rings. The van der Waals surface area contributed by atoms with E-state index in [1.165, 1.54) is 12.1 Å². The van der Waals surface area contributed by atoms with Crippen LogP contribution in [0.3, 0.4) is 0 Å². The van der Waals surface area contributed by atoms with Crippen molar-refractivity contribution in [2.75, 3.05) is 18.0 Å². The molecule has 0 N–H and O–H groups in total. The van der Waals surface area contributed by atoms with Crippen molar-refractivity contribution in [2.45, 2.75) is 38.9 Å². The van der Waals surface area contributed by atoms with Gasteiger partial charge in [-0.1, -0.05) is 0 Å². The third kappa shape index (κ3) is 2.42. The van der Waals surface area contributed by atoms with Crippen molar-refractivity contribution >= 4 is 17.3 Å². The molecular weight excluding hydrogens is 282 g/mol. The second-order valence-electron chi connectivity index (χ2n) is 5.98. The minimum absolute atomic E-state index is 0.620. The fourth-order valence-electron chi connectivity index (χ4n) is 3.36. The molecule has 3 saturated heterocycles. The Kier molecular flexibility index (Phi) is 3.15. The molecule has 3 aliphatic heterocycles. The highest BCUT2D eigenvalue weighted by Gasteiger charge is 2.45. The van der Waals surface area contributed by atoms with Crippen molar-refractivity contribution in [1.82, 2.24) is 19.9 Å². The van der Waals surface area contributed by atoms with Crippen LogP contribution in [-0.4, -0.2) is 45.0 Å². The molecule has 0 amide bonds. The van der Waals surface area contributed by atoms with Crippen LogP contribution in [-0.2, 0) is 6.54 Å². The number of hydrogen-bond acceptors (Lipinski definition) is 6. The molecule has 110 valence electrons. The summed E-state index contributed by atoms with van der Waals surface area (Å²) in [7, 11) is 0. The number of fused-ring (bicyclic) bond motifs is 2. The second kappa shape index (κ2) is 5.03. The average Bonchev–Trinajstić information content (AvgIpc) is 2.90. The molecule has 5 rings (SSSR count). The molecule has 3 aliphatic rings. The van der Waals surface area contributed by atoms with Gasteiger partial charge in [-0.2, -0.15) is 0 Å². The third-order valence-corrected chi connectivity index (χ3v) is 5.24. The first kappa shape index (κ1) is 13.2. The van der Waals surface area contributed by atoms with Gasteiger partial charge in [-0.15, -0.1) is 11.3 Å². The Bertz CT molecular complexity index is 643. The van der Waals surface area contributed by atoms with E-state index in [0.717, 1.165) is 36.3 Å². The van der Waals surface area contributed by atoms with Gasteiger partial charge in [0.15, 0.2) is 0 Å². The van der Waals surface area contributed by atoms with E-state index in [4.69, 9.17) is 0 Å². The lowest BCUT2D eigenvalue weighted by Crippen LogP contribution is -2.68. The van der Waals surface area contributed by atoms with E-state index in [2.05, 4.69) is 37.1 Å². The highest BCUT2D eigenvalue weighted by atomic mass is 32.1. The number of aromatic nitrogens is 3. The first-order chi connectivity index (χ1) is 10.2. The Balaban J connectivity index is 1.44. The quantitative estimate of drug-likeness (QED) is 0.868. The Hall–Kier alpha value is -1.53. The number of aryl methyl sites for hydroxylation is 2. The lowest BCUT2D eigenvalue weighted by molar-refractivity contribution is -0.00984. The Morgan fingerprint density at radius 2 is 2.05 bits per heavy atom. The Labute approximate surface area is 128 Å². The molecule has 2 atom stereocenters. The van der Waals surface area contributed by atoms with Gasteiger partial charge < -0.3 is 4.90 Å². The fourth-order valence-corrected chi connectivity index (χ4v) is 3.97. The van der Waals surface area contributed by atoms with E-state index in [0.29, 0.717) is 12.1 Å². The van der Waals surface area contributed by atoms with Crippen LogP contribution in [0.2, 0.25) is 0 Å². The number of hydrogen-bond donors (Lipinski definition) is 0. The smallest absolute Gasteiger partial charge is 0.225 e. The summed E-state index contributed by atoms with van der Waals surface area (Å²) >= 11 is 1.74. The summed E-state index contributed by atoms with van der Waals surface area (Å²) < 4.78 is 0. The van der Waals surface area contributed by atoms with Gasteiger partial charge in [-0.3, -0.25) is 4.90 Å². The average molecular weight is 301 g/mol. The molecule has 21 heavy (non-hydrogen) atoms. The molecular formula is C15H19N5S. The fraction of sp³-hybridized carbons (Fsp3) is 0.533. The lowest BCUT2D eigenvalue weighted by Gasteiger charge is -2.56. The predicted octanol–water partition coefficient (Wildman–Crippen LogP) is 2.01. The van der Waals surface area contributed by atoms with Crippen LogP contribution in [0, 0.1) is 13.8 Å². The van der Waals surface area contributed by atoms with Gasteiger partial charge in [0.2, 0.25) is 5.95 Å². The minimum atomic E-state index is 0.620. The Morgan fingerprint density at radius 1 is 1.24 bits per heavy atom. The van der Waals surface area contributed by atoms with Crippen molar-refractivity contribution < 1.29 is 0 Å². The highest BCUT2D eigenvalue weighted by Crippen LogP contribution is 2.34. The van der Waals surface area contributed by atoms with Crippen molar-refractivity contribution in [3.8, 4) is 0 Å². The molecule has 5 nitrogen and oxygen atoms in total. The van der Waals surface area contributed by atoms with Crippen LogP contribution in [0.1, 0.15) is 22.8 Å². The normalized spacial score (nSPS) is 25.0. The first-order valence-corrected chi connectivity index (χ1v) is 8.28. The largest absolute Gasteiger partial charge is 0.338 e. The number of rotatable bonds is 3. The van der Waals surface area contributed by atoms with Gasteiger partial charge in [-0.05, 0) is 26.3 Å². The molecule has 2 bridgehead atoms. The zero-order valence-electron chi connectivity index (χ0n) is 12.4. The van der Waals surface area contributed by atoms with E-state index < -0.39 is 0 Å². The third-order valence-electron chi connectivity index (χ3n) is 4.42. The SMILES string of the molecule is Cc1ccnc(N2CC3CC(C2)N3Cc2csc(C)n2)n1. The van der Waals surface area contributed by atoms with Crippen molar-refractivity contribution in [3.63, 3.8) is 0 Å². The molecule has 0 radical (unpaired) electrons. The van der Waals surface area contributed by atoms with Crippen LogP contribution in [0.15, 0.2) is 17.6 Å². The zero-order valence-corrected chi connectivity index (χ0v) is 13.2. The van der Waals surface area contributed by atoms with E-state index in [1.807, 2.05) is 19.2 Å². The lowest BCUT2D eigenvalue weighted by atomic mass is 9.87. The van der Waals surface area contributed by atoms with E-state index in [9.17, 15) is 0 Å². The molecule has 2 aromatic heterocycles. The summed E-state index contributed by atoms with van der Waals surface area (Å²) in [5, 5.41) is 3.34. The summed E-state index contributed by atoms with van der Waals surface area (Å²) in [5.41, 5.74) is 2.25. The number of piperazine rings is 1. The topological polar surface area (TPSA) is 45.2 Å². The van der Waals surface area contributed by atoms with Gasteiger partial charge in [-0.25, -0.2) is 15.0 Å². The van der Waals surface area contributed by atoms with Gasteiger partial charge >= 0.3 is 0 Å². The Morgan fingerprint density at radius 3 is 2.71 bits per heavy atom. The maximum atomic E-state index is 4.59. The standard InChI is InChI=1S/C15H19N5S/c1-10-3-4-16-15(17-10)19-7-13-5-14(8-19)20(13)6-12-9-21-11(2)18-12/h3-4,9,13-14H,5-8H2,1-2H3. The number of piperidine rings is 1. The van der Waals surface area contributed by atoms with Crippen molar-refractivity contribution in [1.29, 1.82) is 0 Å². The van der Waals surface area contributed by atoms with Gasteiger partial charge in [0.1, 0.15) is 0 Å². The van der Waals surface area contributed by atoms with E-state index in [-0.39, 0.29) is 0 Å². The second-order valence-corrected chi connectivity index (χ2v) is 7.04. The molecule has 0 spiro atoms. The van der Waals surface area contributed by atoms with Crippen LogP contribution < -0.4 is 4.90 Å². The van der Waals surface area contributed by atoms with E-state index in [1.54, 1.807) is 11.3 Å². The number of anilines is 1. The summed E-state index contributed by atoms with van der Waals surface area (Å²) in [5.74, 6) is 0.883. The minimum Gasteiger partial charge on any atom is -0.338 e. The zero-order chi connectivity index (χ0) is 14.4. The van der Waals surface area contributed by atoms with Crippen molar-refractivity contribution in [2.24, 2.45) is 0 Å². The number of nitrogens with zero attached hydrogens (tertiary/aromatic N) is 5. The maximum absolute atomic E-state index is 4.59. The van der Waals surface area contributed by atoms with Crippen LogP contribution in [0.25, 0.3) is 0 Å². The highest BCUT2D eigenvalue weighted by molar-refractivity contribution is 7.09. The number of thiazole rings is 1. The summed E-state index contributed by atoms with van der Waals surface area (Å²) in [6, 6.07) is 3.19. The summed E-state index contributed by atoms with van der Waals surface area (Å²) in [6.07, 6.45) is 3.15. The van der Waals surface area contributed by atoms with Crippen molar-refractivity contribution in [3.05, 3.63) is 34.0 Å². The molecule has 0 aromatic carbocycles. The molecule has 0 saturated carbocycles. The molecule has 6 heteroatoms. The molecule has 5 heterocycles. The van der Waals surface area contributed by atoms with Crippen LogP contribution >= 0.6 is 11.3 Å². The van der Waals surface area contributed by atoms with E-state index >= 15 is 0 Å². The predicted molar refractivity (Wildman–Crippen MR) is 83.6 cm³/mol. The van der Waals surface area contributed by atoms with Crippen LogP contribution in [0.4, 0.5) is 5.95 Å². The summed E-state index contributed by atoms with van der Waals surface area (Å²) in [6.45, 7) is 7.14. The van der Waals surface area contributed by atoms with Crippen LogP contribution in [0.5, 0.6) is 0 Å². The maximum Gasteiger partial charge on any atom is 0.225 e. The molecule has 2 unspecified atom stereocenters. The molecule has 0 aliphatic carbocycles. The monoisotopic (exact) mass is 301 g/mol. The first-order valence-electron chi connectivity index (χ1n) is 7.40. The van der Waals surface area contributed by atoms with Gasteiger partial charge in [0.25, 0.3) is 0 Å². The van der Waals surface area contributed by atoms with Gasteiger partial charge in [0, 0.05) is 49.0 Å². The van der Waals surface area contributed by atoms with Gasteiger partial charge in [0.05, 0.1) is 10.7 Å². The molecule has 3 fully saturated rings. The summed E-state index contributed by atoms with van der Waals surface area (Å²) in [4.78, 5) is 18.5.